The number of hydrogen-bond donors (Lipinski definition) is 3. The van der Waals surface area contributed by atoms with Crippen molar-refractivity contribution in [3.05, 3.63) is 0 Å². The van der Waals surface area contributed by atoms with Crippen molar-refractivity contribution >= 4 is 0 Å². The van der Waals surface area contributed by atoms with Gasteiger partial charge in [-0.3, -0.25) is 0 Å². The molecule has 5 saturated carbocycles. The van der Waals surface area contributed by atoms with Crippen LogP contribution in [0.4, 0.5) is 0 Å². The summed E-state index contributed by atoms with van der Waals surface area (Å²) >= 11 is 0. The molecule has 2 spiro atoms. The molecular formula is C30H50O4. The summed E-state index contributed by atoms with van der Waals surface area (Å²) in [6.45, 7) is 15.6. The fourth-order valence-corrected chi connectivity index (χ4v) is 12.1. The molecule has 1 heterocycles. The molecule has 0 aromatic rings. The predicted octanol–water partition coefficient (Wildman–Crippen LogP) is 5.47. The molecule has 0 amide bonds. The lowest BCUT2D eigenvalue weighted by atomic mass is 9.41. The van der Waals surface area contributed by atoms with E-state index >= 15 is 0 Å². The highest BCUT2D eigenvalue weighted by atomic mass is 16.5. The Kier molecular flexibility index (Phi) is 4.72. The van der Waals surface area contributed by atoms with Gasteiger partial charge in [0.2, 0.25) is 0 Å². The second-order valence-corrected chi connectivity index (χ2v) is 15.7. The Morgan fingerprint density at radius 3 is 2.06 bits per heavy atom. The maximum Gasteiger partial charge on any atom is 0.0865 e. The van der Waals surface area contributed by atoms with E-state index in [1.807, 2.05) is 13.8 Å². The lowest BCUT2D eigenvalue weighted by Crippen LogP contribution is -2.59. The first kappa shape index (κ1) is 24.2. The average molecular weight is 475 g/mol. The Hall–Kier alpha value is -0.160. The Labute approximate surface area is 207 Å². The maximum absolute atomic E-state index is 11.7. The minimum absolute atomic E-state index is 0.0172. The molecule has 4 heteroatoms. The van der Waals surface area contributed by atoms with E-state index in [9.17, 15) is 15.3 Å². The van der Waals surface area contributed by atoms with Crippen LogP contribution in [0.3, 0.4) is 0 Å². The van der Waals surface area contributed by atoms with E-state index in [0.29, 0.717) is 22.7 Å². The molecule has 6 fully saturated rings. The molecule has 1 saturated heterocycles. The minimum Gasteiger partial charge on any atom is -0.393 e. The summed E-state index contributed by atoms with van der Waals surface area (Å²) in [6.07, 6.45) is 10.5. The highest BCUT2D eigenvalue weighted by molar-refractivity contribution is 5.31. The van der Waals surface area contributed by atoms with Crippen molar-refractivity contribution in [3.8, 4) is 0 Å². The van der Waals surface area contributed by atoms with E-state index in [4.69, 9.17) is 4.74 Å². The van der Waals surface area contributed by atoms with Gasteiger partial charge < -0.3 is 20.1 Å². The number of aliphatic hydroxyl groups excluding tert-OH is 2. The number of ether oxygens (including phenoxy) is 1. The first-order chi connectivity index (χ1) is 15.6. The molecular weight excluding hydrogens is 424 g/mol. The van der Waals surface area contributed by atoms with Gasteiger partial charge in [-0.05, 0) is 124 Å². The molecule has 3 N–H and O–H groups in total. The zero-order valence-corrected chi connectivity index (χ0v) is 22.8. The van der Waals surface area contributed by atoms with Gasteiger partial charge >= 0.3 is 0 Å². The van der Waals surface area contributed by atoms with E-state index in [0.717, 1.165) is 25.7 Å². The van der Waals surface area contributed by atoms with Gasteiger partial charge in [-0.25, -0.2) is 0 Å². The standard InChI is InChI=1S/C30H50O4/c1-24(2)19-8-9-20-27(6)16-18(31)23(28(7)12-11-22(34-28)25(3,4)33)26(27,5)14-15-30(20)17-29(19,30)13-10-21(24)32/h18-23,31-33H,8-17H2,1-7H3/t18-,19?,20?,21-,22+,23?,26+,27-,28?,29+,30-/m0/s1. The van der Waals surface area contributed by atoms with Gasteiger partial charge in [0, 0.05) is 5.92 Å². The van der Waals surface area contributed by atoms with Crippen LogP contribution in [0.1, 0.15) is 113 Å². The van der Waals surface area contributed by atoms with Crippen LogP contribution in [0.25, 0.3) is 0 Å². The van der Waals surface area contributed by atoms with Crippen LogP contribution in [-0.4, -0.2) is 44.8 Å². The fourth-order valence-electron chi connectivity index (χ4n) is 12.1. The molecule has 0 radical (unpaired) electrons. The van der Waals surface area contributed by atoms with Crippen LogP contribution in [0, 0.1) is 44.8 Å². The molecule has 11 atom stereocenters. The molecule has 34 heavy (non-hydrogen) atoms. The Morgan fingerprint density at radius 2 is 1.41 bits per heavy atom. The topological polar surface area (TPSA) is 69.9 Å². The predicted molar refractivity (Wildman–Crippen MR) is 133 cm³/mol. The van der Waals surface area contributed by atoms with Crippen LogP contribution in [-0.2, 0) is 4.74 Å². The summed E-state index contributed by atoms with van der Waals surface area (Å²) in [6, 6.07) is 0. The summed E-state index contributed by atoms with van der Waals surface area (Å²) in [5, 5.41) is 33.3. The van der Waals surface area contributed by atoms with Crippen LogP contribution >= 0.6 is 0 Å². The van der Waals surface area contributed by atoms with Crippen molar-refractivity contribution in [2.45, 2.75) is 142 Å². The van der Waals surface area contributed by atoms with Crippen molar-refractivity contribution < 1.29 is 20.1 Å². The van der Waals surface area contributed by atoms with Gasteiger partial charge in [0.1, 0.15) is 0 Å². The summed E-state index contributed by atoms with van der Waals surface area (Å²) in [4.78, 5) is 0. The highest BCUT2D eigenvalue weighted by Crippen LogP contribution is 2.89. The first-order valence-corrected chi connectivity index (χ1v) is 14.3. The monoisotopic (exact) mass is 474 g/mol. The van der Waals surface area contributed by atoms with Crippen molar-refractivity contribution in [1.29, 1.82) is 0 Å². The summed E-state index contributed by atoms with van der Waals surface area (Å²) < 4.78 is 6.68. The van der Waals surface area contributed by atoms with E-state index < -0.39 is 5.60 Å². The summed E-state index contributed by atoms with van der Waals surface area (Å²) in [5.41, 5.74) is -0.205. The quantitative estimate of drug-likeness (QED) is 0.497. The lowest BCUT2D eigenvalue weighted by molar-refractivity contribution is -0.195. The van der Waals surface area contributed by atoms with Gasteiger partial charge in [-0.2, -0.15) is 0 Å². The summed E-state index contributed by atoms with van der Waals surface area (Å²) in [7, 11) is 0. The van der Waals surface area contributed by atoms with Crippen molar-refractivity contribution in [1.82, 2.24) is 0 Å². The van der Waals surface area contributed by atoms with Crippen LogP contribution < -0.4 is 0 Å². The van der Waals surface area contributed by atoms with Gasteiger partial charge in [-0.15, -0.1) is 0 Å². The zero-order valence-electron chi connectivity index (χ0n) is 22.8. The van der Waals surface area contributed by atoms with E-state index in [1.54, 1.807) is 0 Å². The molecule has 194 valence electrons. The number of aliphatic hydroxyl groups is 3. The van der Waals surface area contributed by atoms with E-state index in [2.05, 4.69) is 34.6 Å². The number of fused-ring (bicyclic) bond motifs is 2. The second kappa shape index (κ2) is 6.63. The minimum atomic E-state index is -0.848. The van der Waals surface area contributed by atoms with E-state index in [1.165, 1.54) is 38.5 Å². The van der Waals surface area contributed by atoms with Crippen molar-refractivity contribution in [3.63, 3.8) is 0 Å². The molecule has 4 unspecified atom stereocenters. The molecule has 6 rings (SSSR count). The molecule has 5 aliphatic carbocycles. The number of hydrogen-bond acceptors (Lipinski definition) is 4. The molecule has 0 bridgehead atoms. The van der Waals surface area contributed by atoms with Gasteiger partial charge in [0.25, 0.3) is 0 Å². The van der Waals surface area contributed by atoms with Crippen molar-refractivity contribution in [2.24, 2.45) is 44.8 Å². The van der Waals surface area contributed by atoms with Gasteiger partial charge in [-0.1, -0.05) is 27.7 Å². The van der Waals surface area contributed by atoms with E-state index in [-0.39, 0.29) is 46.1 Å². The maximum atomic E-state index is 11.7. The molecule has 0 aromatic heterocycles. The first-order valence-electron chi connectivity index (χ1n) is 14.3. The second-order valence-electron chi connectivity index (χ2n) is 15.7. The lowest BCUT2D eigenvalue weighted by Gasteiger charge is -2.63. The normalized spacial score (nSPS) is 60.2. The third kappa shape index (κ3) is 2.60. The van der Waals surface area contributed by atoms with Crippen LogP contribution in [0.15, 0.2) is 0 Å². The van der Waals surface area contributed by atoms with Gasteiger partial charge in [0.15, 0.2) is 0 Å². The Morgan fingerprint density at radius 1 is 0.765 bits per heavy atom. The van der Waals surface area contributed by atoms with Crippen LogP contribution in [0.5, 0.6) is 0 Å². The Balaban J connectivity index is 1.34. The SMILES string of the molecule is CC1(C2[C@@H](O)C[C@@]3(C)C4CCC5C(C)(C)[C@@H](O)CC[C@@]56C[C@@]46CC[C@]23C)CC[C@H](C(C)(C)O)O1. The molecule has 0 aromatic carbocycles. The zero-order chi connectivity index (χ0) is 24.7. The third-order valence-corrected chi connectivity index (χ3v) is 13.8. The average Bonchev–Trinajstić information content (AvgIpc) is 3.11. The molecule has 6 aliphatic rings. The van der Waals surface area contributed by atoms with Gasteiger partial charge in [0.05, 0.1) is 29.5 Å². The third-order valence-electron chi connectivity index (χ3n) is 13.8. The molecule has 4 nitrogen and oxygen atoms in total. The Bertz CT molecular complexity index is 878. The smallest absolute Gasteiger partial charge is 0.0865 e. The number of rotatable bonds is 2. The van der Waals surface area contributed by atoms with Crippen LogP contribution in [0.2, 0.25) is 0 Å². The van der Waals surface area contributed by atoms with Crippen molar-refractivity contribution in [2.75, 3.05) is 0 Å². The summed E-state index contributed by atoms with van der Waals surface area (Å²) in [5.74, 6) is 1.42. The highest BCUT2D eigenvalue weighted by Gasteiger charge is 2.83. The molecule has 1 aliphatic heterocycles. The fraction of sp³-hybridized carbons (Fsp3) is 1.00. The largest absolute Gasteiger partial charge is 0.393 e.